The fourth-order valence-electron chi connectivity index (χ4n) is 1.64. The Morgan fingerprint density at radius 1 is 1.24 bits per heavy atom. The molecular weight excluding hydrogens is 296 g/mol. The molecule has 0 unspecified atom stereocenters. The molecule has 7 nitrogen and oxygen atoms in total. The van der Waals surface area contributed by atoms with Gasteiger partial charge < -0.3 is 21.3 Å². The fourth-order valence-corrected chi connectivity index (χ4v) is 1.74. The Balaban J connectivity index is 1.98. The van der Waals surface area contributed by atoms with Crippen LogP contribution in [0, 0.1) is 0 Å². The lowest BCUT2D eigenvalue weighted by molar-refractivity contribution is -0.117. The number of anilines is 1. The highest BCUT2D eigenvalue weighted by atomic mass is 35.5. The van der Waals surface area contributed by atoms with E-state index in [0.717, 1.165) is 0 Å². The Kier molecular flexibility index (Phi) is 4.56. The number of nitrogens with two attached hydrogens (primary N) is 1. The first-order valence-corrected chi connectivity index (χ1v) is 6.40. The van der Waals surface area contributed by atoms with Crippen LogP contribution in [0.25, 0.3) is 0 Å². The number of carbonyl (C=O) groups excluding carboxylic acids is 1. The maximum atomic E-state index is 11.9. The van der Waals surface area contributed by atoms with Gasteiger partial charge in [0.1, 0.15) is 0 Å². The molecule has 2 rings (SSSR count). The van der Waals surface area contributed by atoms with Gasteiger partial charge in [-0.2, -0.15) is 0 Å². The Morgan fingerprint density at radius 2 is 2.00 bits per heavy atom. The second kappa shape index (κ2) is 6.38. The minimum absolute atomic E-state index is 0.195. The first-order valence-electron chi connectivity index (χ1n) is 6.02. The van der Waals surface area contributed by atoms with Gasteiger partial charge >= 0.3 is 0 Å². The van der Waals surface area contributed by atoms with Crippen molar-refractivity contribution in [3.05, 3.63) is 41.0 Å². The first-order chi connectivity index (χ1) is 9.95. The Morgan fingerprint density at radius 3 is 2.62 bits per heavy atom. The summed E-state index contributed by atoms with van der Waals surface area (Å²) >= 11 is 5.59. The maximum absolute atomic E-state index is 11.9. The smallest absolute Gasteiger partial charge is 0.242 e. The Bertz CT molecular complexity index is 648. The number of benzene rings is 1. The van der Waals surface area contributed by atoms with E-state index in [9.17, 15) is 15.0 Å². The molecule has 8 heteroatoms. The molecule has 2 aromatic rings. The average molecular weight is 309 g/mol. The van der Waals surface area contributed by atoms with E-state index in [1.54, 1.807) is 6.07 Å². The molecule has 0 spiro atoms. The van der Waals surface area contributed by atoms with Crippen LogP contribution in [0.15, 0.2) is 30.3 Å². The molecule has 0 fully saturated rings. The monoisotopic (exact) mass is 308 g/mol. The summed E-state index contributed by atoms with van der Waals surface area (Å²) in [6.07, 6.45) is 0.195. The van der Waals surface area contributed by atoms with Crippen LogP contribution in [0.3, 0.4) is 0 Å². The number of nitrogens with one attached hydrogen (secondary N) is 1. The zero-order valence-electron chi connectivity index (χ0n) is 10.8. The molecule has 0 saturated carbocycles. The highest BCUT2D eigenvalue weighted by Gasteiger charge is 2.15. The molecule has 1 aromatic carbocycles. The average Bonchev–Trinajstić information content (AvgIpc) is 2.45. The van der Waals surface area contributed by atoms with E-state index in [4.69, 9.17) is 17.3 Å². The van der Waals surface area contributed by atoms with E-state index >= 15 is 0 Å². The minimum Gasteiger partial charge on any atom is -0.504 e. The zero-order valence-corrected chi connectivity index (χ0v) is 11.6. The third-order valence-electron chi connectivity index (χ3n) is 2.72. The van der Waals surface area contributed by atoms with Crippen LogP contribution in [0.4, 0.5) is 5.82 Å². The maximum Gasteiger partial charge on any atom is 0.242 e. The van der Waals surface area contributed by atoms with Gasteiger partial charge in [-0.05, 0) is 36.2 Å². The number of halogens is 1. The second-order valence-corrected chi connectivity index (χ2v) is 4.75. The molecule has 21 heavy (non-hydrogen) atoms. The number of phenols is 2. The lowest BCUT2D eigenvalue weighted by atomic mass is 10.1. The Labute approximate surface area is 125 Å². The van der Waals surface area contributed by atoms with Gasteiger partial charge in [0.05, 0.1) is 6.04 Å². The number of aromatic hydroxyl groups is 2. The van der Waals surface area contributed by atoms with Crippen LogP contribution in [0.5, 0.6) is 11.5 Å². The molecule has 1 aromatic heterocycles. The van der Waals surface area contributed by atoms with Crippen LogP contribution in [0.2, 0.25) is 5.15 Å². The number of phenolic OH excluding ortho intramolecular Hbond substituents is 2. The van der Waals surface area contributed by atoms with Crippen molar-refractivity contribution in [1.82, 2.24) is 10.2 Å². The Hall–Kier alpha value is -2.38. The van der Waals surface area contributed by atoms with Gasteiger partial charge in [0.2, 0.25) is 5.91 Å². The number of nitrogens with zero attached hydrogens (tertiary/aromatic N) is 2. The lowest BCUT2D eigenvalue weighted by Crippen LogP contribution is -2.37. The third kappa shape index (κ3) is 4.04. The van der Waals surface area contributed by atoms with Crippen molar-refractivity contribution in [2.45, 2.75) is 12.5 Å². The topological polar surface area (TPSA) is 121 Å². The summed E-state index contributed by atoms with van der Waals surface area (Å²) in [6.45, 7) is 0. The molecule has 1 amide bonds. The molecule has 0 aliphatic carbocycles. The summed E-state index contributed by atoms with van der Waals surface area (Å²) in [7, 11) is 0. The predicted octanol–water partition coefficient (Wildman–Crippen LogP) is 1.05. The van der Waals surface area contributed by atoms with E-state index in [0.29, 0.717) is 5.56 Å². The van der Waals surface area contributed by atoms with Crippen molar-refractivity contribution in [3.63, 3.8) is 0 Å². The molecule has 0 bridgehead atoms. The van der Waals surface area contributed by atoms with Gasteiger partial charge in [-0.25, -0.2) is 0 Å². The van der Waals surface area contributed by atoms with Crippen molar-refractivity contribution in [2.75, 3.05) is 5.32 Å². The summed E-state index contributed by atoms with van der Waals surface area (Å²) in [4.78, 5) is 11.9. The molecule has 1 atom stereocenters. The van der Waals surface area contributed by atoms with Crippen LogP contribution in [-0.4, -0.2) is 32.4 Å². The van der Waals surface area contributed by atoms with Crippen LogP contribution in [0.1, 0.15) is 5.56 Å². The number of carbonyl (C=O) groups is 1. The number of hydrogen-bond donors (Lipinski definition) is 4. The first kappa shape index (κ1) is 15.0. The van der Waals surface area contributed by atoms with Crippen LogP contribution >= 0.6 is 11.6 Å². The molecule has 110 valence electrons. The van der Waals surface area contributed by atoms with E-state index in [2.05, 4.69) is 15.5 Å². The van der Waals surface area contributed by atoms with Crippen LogP contribution < -0.4 is 11.1 Å². The van der Waals surface area contributed by atoms with Crippen molar-refractivity contribution in [1.29, 1.82) is 0 Å². The number of rotatable bonds is 4. The molecule has 1 heterocycles. The SMILES string of the molecule is N[C@@H](Cc1ccc(O)c(O)c1)C(=O)Nc1ccc(Cl)nn1. The van der Waals surface area contributed by atoms with Gasteiger partial charge in [-0.3, -0.25) is 4.79 Å². The standard InChI is InChI=1S/C13H13ClN4O3/c14-11-3-4-12(18-17-11)16-13(21)8(15)5-7-1-2-9(19)10(20)6-7/h1-4,6,8,19-20H,5,15H2,(H,16,18,21)/t8-/m0/s1. The van der Waals surface area contributed by atoms with E-state index in [1.165, 1.54) is 24.3 Å². The van der Waals surface area contributed by atoms with E-state index in [-0.39, 0.29) is 28.9 Å². The third-order valence-corrected chi connectivity index (χ3v) is 2.92. The molecule has 0 saturated heterocycles. The quantitative estimate of drug-likeness (QED) is 0.626. The summed E-state index contributed by atoms with van der Waals surface area (Å²) < 4.78 is 0. The minimum atomic E-state index is -0.841. The van der Waals surface area contributed by atoms with Crippen molar-refractivity contribution in [2.24, 2.45) is 5.73 Å². The summed E-state index contributed by atoms with van der Waals surface area (Å²) in [6, 6.07) is 6.42. The molecule has 0 aliphatic rings. The van der Waals surface area contributed by atoms with Gasteiger partial charge in [-0.1, -0.05) is 17.7 Å². The summed E-state index contributed by atoms with van der Waals surface area (Å²) in [5.74, 6) is -0.690. The molecule has 0 radical (unpaired) electrons. The van der Waals surface area contributed by atoms with Gasteiger partial charge in [0, 0.05) is 0 Å². The van der Waals surface area contributed by atoms with Gasteiger partial charge in [-0.15, -0.1) is 10.2 Å². The van der Waals surface area contributed by atoms with Crippen molar-refractivity contribution < 1.29 is 15.0 Å². The number of hydrogen-bond acceptors (Lipinski definition) is 6. The fraction of sp³-hybridized carbons (Fsp3) is 0.154. The predicted molar refractivity (Wildman–Crippen MR) is 77.1 cm³/mol. The normalized spacial score (nSPS) is 11.9. The van der Waals surface area contributed by atoms with Crippen molar-refractivity contribution in [3.8, 4) is 11.5 Å². The van der Waals surface area contributed by atoms with Gasteiger partial charge in [0.15, 0.2) is 22.5 Å². The lowest BCUT2D eigenvalue weighted by Gasteiger charge is -2.12. The van der Waals surface area contributed by atoms with E-state index < -0.39 is 11.9 Å². The summed E-state index contributed by atoms with van der Waals surface area (Å²) in [5, 5.41) is 28.6. The van der Waals surface area contributed by atoms with Gasteiger partial charge in [0.25, 0.3) is 0 Å². The number of amides is 1. The number of aromatic nitrogens is 2. The largest absolute Gasteiger partial charge is 0.504 e. The zero-order chi connectivity index (χ0) is 15.4. The highest BCUT2D eigenvalue weighted by molar-refractivity contribution is 6.29. The van der Waals surface area contributed by atoms with Crippen LogP contribution in [-0.2, 0) is 11.2 Å². The molecular formula is C13H13ClN4O3. The van der Waals surface area contributed by atoms with E-state index in [1.807, 2.05) is 0 Å². The molecule has 0 aliphatic heterocycles. The molecule has 5 N–H and O–H groups in total. The summed E-state index contributed by atoms with van der Waals surface area (Å²) in [5.41, 5.74) is 6.41. The highest BCUT2D eigenvalue weighted by Crippen LogP contribution is 2.25. The second-order valence-electron chi connectivity index (χ2n) is 4.36. The van der Waals surface area contributed by atoms with Crippen molar-refractivity contribution >= 4 is 23.3 Å².